The molecule has 4 heteroatoms. The lowest BCUT2D eigenvalue weighted by atomic mass is 9.93. The molecule has 0 bridgehead atoms. The molecule has 4 rings (SSSR count). The van der Waals surface area contributed by atoms with Gasteiger partial charge in [0, 0.05) is 23.9 Å². The van der Waals surface area contributed by atoms with Crippen LogP contribution in [0.1, 0.15) is 19.3 Å². The Labute approximate surface area is 140 Å². The molecule has 0 fully saturated rings. The molecule has 1 aliphatic carbocycles. The molecule has 1 aliphatic rings. The number of hydrogen-bond donors (Lipinski definition) is 1. The molecule has 0 saturated carbocycles. The number of anilines is 1. The van der Waals surface area contributed by atoms with Crippen LogP contribution in [0.3, 0.4) is 0 Å². The Bertz CT molecular complexity index is 877. The van der Waals surface area contributed by atoms with E-state index in [9.17, 15) is 4.79 Å². The topological polar surface area (TPSA) is 46.4 Å². The van der Waals surface area contributed by atoms with Crippen molar-refractivity contribution in [3.63, 3.8) is 0 Å². The van der Waals surface area contributed by atoms with Crippen molar-refractivity contribution in [3.8, 4) is 11.3 Å². The van der Waals surface area contributed by atoms with E-state index in [1.54, 1.807) is 0 Å². The van der Waals surface area contributed by atoms with Gasteiger partial charge in [-0.25, -0.2) is 4.98 Å². The zero-order chi connectivity index (χ0) is 16.4. The highest BCUT2D eigenvalue weighted by atomic mass is 16.1. The maximum atomic E-state index is 12.6. The van der Waals surface area contributed by atoms with E-state index in [2.05, 4.69) is 22.5 Å². The molecule has 1 aromatic carbocycles. The van der Waals surface area contributed by atoms with Crippen molar-refractivity contribution < 1.29 is 4.79 Å². The summed E-state index contributed by atoms with van der Waals surface area (Å²) in [5.74, 6) is 0.152. The zero-order valence-corrected chi connectivity index (χ0v) is 13.4. The molecular formula is C20H19N3O. The predicted octanol–water partition coefficient (Wildman–Crippen LogP) is 4.30. The van der Waals surface area contributed by atoms with Gasteiger partial charge in [-0.2, -0.15) is 0 Å². The summed E-state index contributed by atoms with van der Waals surface area (Å²) in [5, 5.41) is 3.10. The summed E-state index contributed by atoms with van der Waals surface area (Å²) < 4.78 is 1.99. The van der Waals surface area contributed by atoms with Crippen LogP contribution in [0.15, 0.2) is 67.0 Å². The fourth-order valence-electron chi connectivity index (χ4n) is 3.15. The molecule has 2 aromatic heterocycles. The van der Waals surface area contributed by atoms with Crippen LogP contribution in [-0.2, 0) is 4.79 Å². The summed E-state index contributed by atoms with van der Waals surface area (Å²) in [6.45, 7) is 0. The minimum Gasteiger partial charge on any atom is -0.325 e. The molecule has 4 nitrogen and oxygen atoms in total. The molecule has 0 saturated heterocycles. The summed E-state index contributed by atoms with van der Waals surface area (Å²) in [6.07, 6.45) is 10.9. The van der Waals surface area contributed by atoms with Crippen LogP contribution in [0.5, 0.6) is 0 Å². The molecular weight excluding hydrogens is 298 g/mol. The van der Waals surface area contributed by atoms with Gasteiger partial charge >= 0.3 is 0 Å². The summed E-state index contributed by atoms with van der Waals surface area (Å²) in [4.78, 5) is 17.2. The maximum Gasteiger partial charge on any atom is 0.227 e. The van der Waals surface area contributed by atoms with Crippen LogP contribution in [0.25, 0.3) is 16.9 Å². The average Bonchev–Trinajstić information content (AvgIpc) is 3.07. The number of nitrogens with one attached hydrogen (secondary N) is 1. The molecule has 120 valence electrons. The van der Waals surface area contributed by atoms with Gasteiger partial charge in [-0.1, -0.05) is 36.4 Å². The van der Waals surface area contributed by atoms with E-state index in [0.717, 1.165) is 41.9 Å². The molecule has 1 atom stereocenters. The first-order valence-corrected chi connectivity index (χ1v) is 8.30. The Morgan fingerprint density at radius 3 is 2.83 bits per heavy atom. The number of para-hydroxylation sites is 1. The Balaban J connectivity index is 1.65. The fourth-order valence-corrected chi connectivity index (χ4v) is 3.15. The van der Waals surface area contributed by atoms with Gasteiger partial charge in [0.05, 0.1) is 11.4 Å². The van der Waals surface area contributed by atoms with Gasteiger partial charge in [-0.15, -0.1) is 0 Å². The largest absolute Gasteiger partial charge is 0.325 e. The number of amides is 1. The van der Waals surface area contributed by atoms with E-state index in [1.165, 1.54) is 0 Å². The number of aromatic nitrogens is 2. The summed E-state index contributed by atoms with van der Waals surface area (Å²) in [6, 6.07) is 13.8. The van der Waals surface area contributed by atoms with Crippen molar-refractivity contribution in [1.29, 1.82) is 0 Å². The first kappa shape index (κ1) is 14.7. The number of carbonyl (C=O) groups excluding carboxylic acids is 1. The van der Waals surface area contributed by atoms with E-state index in [1.807, 2.05) is 59.3 Å². The smallest absolute Gasteiger partial charge is 0.227 e. The van der Waals surface area contributed by atoms with Crippen molar-refractivity contribution in [2.24, 2.45) is 5.92 Å². The molecule has 0 spiro atoms. The van der Waals surface area contributed by atoms with Crippen molar-refractivity contribution in [2.45, 2.75) is 19.3 Å². The highest BCUT2D eigenvalue weighted by Crippen LogP contribution is 2.29. The number of imidazole rings is 1. The maximum absolute atomic E-state index is 12.6. The molecule has 1 N–H and O–H groups in total. The molecule has 0 radical (unpaired) electrons. The molecule has 1 unspecified atom stereocenters. The second-order valence-corrected chi connectivity index (χ2v) is 6.11. The fraction of sp³-hybridized carbons (Fsp3) is 0.200. The van der Waals surface area contributed by atoms with Crippen LogP contribution in [0.4, 0.5) is 5.69 Å². The molecule has 24 heavy (non-hydrogen) atoms. The zero-order valence-electron chi connectivity index (χ0n) is 13.4. The van der Waals surface area contributed by atoms with Gasteiger partial charge in [0.25, 0.3) is 0 Å². The number of carbonyl (C=O) groups is 1. The molecule has 2 heterocycles. The summed E-state index contributed by atoms with van der Waals surface area (Å²) in [7, 11) is 0. The normalized spacial score (nSPS) is 17.1. The highest BCUT2D eigenvalue weighted by molar-refractivity contribution is 5.96. The number of hydrogen-bond acceptors (Lipinski definition) is 2. The Kier molecular flexibility index (Phi) is 3.87. The van der Waals surface area contributed by atoms with Crippen molar-refractivity contribution in [2.75, 3.05) is 5.32 Å². The van der Waals surface area contributed by atoms with E-state index in [0.29, 0.717) is 0 Å². The van der Waals surface area contributed by atoms with E-state index in [4.69, 9.17) is 0 Å². The van der Waals surface area contributed by atoms with E-state index in [-0.39, 0.29) is 11.8 Å². The predicted molar refractivity (Wildman–Crippen MR) is 95.7 cm³/mol. The van der Waals surface area contributed by atoms with Crippen molar-refractivity contribution in [1.82, 2.24) is 9.38 Å². The lowest BCUT2D eigenvalue weighted by Crippen LogP contribution is -2.23. The third kappa shape index (κ3) is 2.83. The lowest BCUT2D eigenvalue weighted by molar-refractivity contribution is -0.120. The van der Waals surface area contributed by atoms with Gasteiger partial charge in [-0.05, 0) is 37.5 Å². The third-order valence-electron chi connectivity index (χ3n) is 4.46. The van der Waals surface area contributed by atoms with E-state index < -0.39 is 0 Å². The molecule has 0 aliphatic heterocycles. The number of nitrogens with zero attached hydrogens (tertiary/aromatic N) is 2. The van der Waals surface area contributed by atoms with Gasteiger partial charge in [-0.3, -0.25) is 4.79 Å². The van der Waals surface area contributed by atoms with Gasteiger partial charge in [0.2, 0.25) is 5.91 Å². The lowest BCUT2D eigenvalue weighted by Gasteiger charge is -2.18. The second kappa shape index (κ2) is 6.32. The number of benzene rings is 1. The summed E-state index contributed by atoms with van der Waals surface area (Å²) >= 11 is 0. The average molecular weight is 317 g/mol. The molecule has 3 aromatic rings. The highest BCUT2D eigenvalue weighted by Gasteiger charge is 2.20. The third-order valence-corrected chi connectivity index (χ3v) is 4.46. The Hall–Kier alpha value is -2.88. The van der Waals surface area contributed by atoms with Crippen molar-refractivity contribution >= 4 is 17.2 Å². The number of fused-ring (bicyclic) bond motifs is 1. The standard InChI is InChI=1S/C20H19N3O/c24-20(15-8-2-1-3-9-15)22-17-11-5-4-10-16(17)18-14-23-13-7-6-12-19(23)21-18/h1-2,4-7,10-15H,3,8-9H2,(H,22,24). The first-order valence-electron chi connectivity index (χ1n) is 8.30. The quantitative estimate of drug-likeness (QED) is 0.732. The second-order valence-electron chi connectivity index (χ2n) is 6.11. The van der Waals surface area contributed by atoms with Crippen LogP contribution in [0, 0.1) is 5.92 Å². The monoisotopic (exact) mass is 317 g/mol. The SMILES string of the molecule is O=C(Nc1ccccc1-c1cn2ccccc2n1)C1CC=CCC1. The van der Waals surface area contributed by atoms with Crippen LogP contribution >= 0.6 is 0 Å². The minimum atomic E-state index is 0.0594. The Morgan fingerprint density at radius 2 is 2.00 bits per heavy atom. The van der Waals surface area contributed by atoms with Gasteiger partial charge < -0.3 is 9.72 Å². The van der Waals surface area contributed by atoms with E-state index >= 15 is 0 Å². The number of rotatable bonds is 3. The van der Waals surface area contributed by atoms with Gasteiger partial charge in [0.1, 0.15) is 5.65 Å². The number of allylic oxidation sites excluding steroid dienone is 2. The van der Waals surface area contributed by atoms with Gasteiger partial charge in [0.15, 0.2) is 0 Å². The number of pyridine rings is 1. The first-order chi connectivity index (χ1) is 11.8. The molecule has 1 amide bonds. The Morgan fingerprint density at radius 1 is 1.12 bits per heavy atom. The van der Waals surface area contributed by atoms with Crippen LogP contribution in [-0.4, -0.2) is 15.3 Å². The van der Waals surface area contributed by atoms with Crippen LogP contribution < -0.4 is 5.32 Å². The van der Waals surface area contributed by atoms with Crippen LogP contribution in [0.2, 0.25) is 0 Å². The van der Waals surface area contributed by atoms with Crippen molar-refractivity contribution in [3.05, 3.63) is 67.0 Å². The summed E-state index contributed by atoms with van der Waals surface area (Å²) in [5.41, 5.74) is 3.52. The minimum absolute atomic E-state index is 0.0594.